The van der Waals surface area contributed by atoms with Crippen molar-refractivity contribution in [3.05, 3.63) is 88.9 Å². The molecule has 0 saturated carbocycles. The number of phenols is 1. The number of halogens is 1. The number of carbonyl (C=O) groups is 1. The van der Waals surface area contributed by atoms with Crippen molar-refractivity contribution in [1.82, 2.24) is 20.2 Å². The Morgan fingerprint density at radius 1 is 1.03 bits per heavy atom. The lowest BCUT2D eigenvalue weighted by molar-refractivity contribution is -0.118. The largest absolute Gasteiger partial charge is 0.507 e. The van der Waals surface area contributed by atoms with Gasteiger partial charge in [0.2, 0.25) is 0 Å². The zero-order valence-electron chi connectivity index (χ0n) is 16.7. The Bertz CT molecular complexity index is 1240. The van der Waals surface area contributed by atoms with Crippen molar-refractivity contribution in [1.29, 1.82) is 0 Å². The predicted molar refractivity (Wildman–Crippen MR) is 129 cm³/mol. The molecule has 0 saturated heterocycles. The molecule has 7 nitrogen and oxygen atoms in total. The maximum atomic E-state index is 12.3. The molecule has 3 aromatic carbocycles. The van der Waals surface area contributed by atoms with Gasteiger partial charge in [-0.1, -0.05) is 70.2 Å². The molecule has 0 aliphatic rings. The number of nitrogens with one attached hydrogen (secondary N) is 1. The Morgan fingerprint density at radius 3 is 2.50 bits per heavy atom. The van der Waals surface area contributed by atoms with Gasteiger partial charge in [0.05, 0.1) is 12.0 Å². The number of hydrazone groups is 1. The topological polar surface area (TPSA) is 92.4 Å². The van der Waals surface area contributed by atoms with E-state index in [1.54, 1.807) is 24.3 Å². The number of benzene rings is 3. The summed E-state index contributed by atoms with van der Waals surface area (Å²) >= 11 is 4.71. The quantitative estimate of drug-likeness (QED) is 0.216. The number of nitrogens with zero attached hydrogens (tertiary/aromatic N) is 4. The van der Waals surface area contributed by atoms with E-state index in [1.807, 2.05) is 59.2 Å². The van der Waals surface area contributed by atoms with E-state index in [-0.39, 0.29) is 17.4 Å². The van der Waals surface area contributed by atoms with E-state index in [4.69, 9.17) is 0 Å². The normalized spacial score (nSPS) is 11.0. The summed E-state index contributed by atoms with van der Waals surface area (Å²) < 4.78 is 2.90. The van der Waals surface area contributed by atoms with Crippen LogP contribution >= 0.6 is 27.7 Å². The van der Waals surface area contributed by atoms with Crippen molar-refractivity contribution in [3.8, 4) is 22.8 Å². The number of hydrogen-bond acceptors (Lipinski definition) is 6. The second-order valence-electron chi connectivity index (χ2n) is 6.62. The molecule has 0 aliphatic heterocycles. The molecule has 0 unspecified atom stereocenters. The van der Waals surface area contributed by atoms with Crippen LogP contribution in [0.2, 0.25) is 0 Å². The highest BCUT2D eigenvalue weighted by Gasteiger charge is 2.17. The maximum Gasteiger partial charge on any atom is 0.250 e. The molecule has 0 fully saturated rings. The van der Waals surface area contributed by atoms with E-state index < -0.39 is 0 Å². The van der Waals surface area contributed by atoms with Gasteiger partial charge in [-0.05, 0) is 36.4 Å². The first kappa shape index (κ1) is 21.8. The summed E-state index contributed by atoms with van der Waals surface area (Å²) in [5.74, 6) is 0.582. The molecule has 4 aromatic rings. The van der Waals surface area contributed by atoms with Gasteiger partial charge in [-0.15, -0.1) is 10.2 Å². The number of amides is 1. The van der Waals surface area contributed by atoms with Gasteiger partial charge in [0.15, 0.2) is 11.0 Å². The fraction of sp³-hybridized carbons (Fsp3) is 0.0435. The van der Waals surface area contributed by atoms with Crippen LogP contribution in [0, 0.1) is 0 Å². The summed E-state index contributed by atoms with van der Waals surface area (Å²) in [5, 5.41) is 22.9. The molecular formula is C23H18BrN5O2S. The zero-order chi connectivity index (χ0) is 22.3. The number of rotatable bonds is 7. The van der Waals surface area contributed by atoms with Gasteiger partial charge in [-0.3, -0.25) is 9.36 Å². The lowest BCUT2D eigenvalue weighted by Gasteiger charge is -2.10. The van der Waals surface area contributed by atoms with Gasteiger partial charge in [-0.2, -0.15) is 5.10 Å². The third-order valence-electron chi connectivity index (χ3n) is 4.41. The minimum atomic E-state index is -0.297. The van der Waals surface area contributed by atoms with E-state index in [2.05, 4.69) is 36.7 Å². The highest BCUT2D eigenvalue weighted by molar-refractivity contribution is 9.10. The average Bonchev–Trinajstić information content (AvgIpc) is 3.24. The Kier molecular flexibility index (Phi) is 6.98. The highest BCUT2D eigenvalue weighted by atomic mass is 79.9. The molecule has 9 heteroatoms. The standard InChI is InChI=1S/C23H18BrN5O2S/c24-18-12-10-16(11-13-18)22-27-28-23(29(22)19-7-2-1-3-8-19)32-15-21(31)26-25-14-17-6-4-5-9-20(17)30/h1-14,30H,15H2,(H,26,31). The van der Waals surface area contributed by atoms with Gasteiger partial charge in [0, 0.05) is 21.3 Å². The second-order valence-corrected chi connectivity index (χ2v) is 8.48. The molecule has 0 atom stereocenters. The van der Waals surface area contributed by atoms with Gasteiger partial charge >= 0.3 is 0 Å². The van der Waals surface area contributed by atoms with E-state index in [9.17, 15) is 9.90 Å². The molecule has 1 amide bonds. The van der Waals surface area contributed by atoms with Crippen molar-refractivity contribution in [2.75, 3.05) is 5.75 Å². The van der Waals surface area contributed by atoms with Crippen LogP contribution in [0.5, 0.6) is 5.75 Å². The molecule has 0 aliphatic carbocycles. The molecule has 1 heterocycles. The van der Waals surface area contributed by atoms with Crippen LogP contribution in [0.1, 0.15) is 5.56 Å². The van der Waals surface area contributed by atoms with Crippen LogP contribution in [0.25, 0.3) is 17.1 Å². The van der Waals surface area contributed by atoms with Crippen LogP contribution < -0.4 is 5.43 Å². The van der Waals surface area contributed by atoms with E-state index in [0.717, 1.165) is 15.7 Å². The minimum absolute atomic E-state index is 0.0938. The molecular weight excluding hydrogens is 490 g/mol. The molecule has 0 radical (unpaired) electrons. The number of aromatic hydroxyl groups is 1. The van der Waals surface area contributed by atoms with Crippen LogP contribution in [0.3, 0.4) is 0 Å². The first-order valence-electron chi connectivity index (χ1n) is 9.61. The van der Waals surface area contributed by atoms with Crippen molar-refractivity contribution >= 4 is 39.8 Å². The van der Waals surface area contributed by atoms with E-state index in [0.29, 0.717) is 16.5 Å². The molecule has 32 heavy (non-hydrogen) atoms. The van der Waals surface area contributed by atoms with Crippen molar-refractivity contribution in [2.45, 2.75) is 5.16 Å². The number of thioether (sulfide) groups is 1. The van der Waals surface area contributed by atoms with Crippen LogP contribution in [0.4, 0.5) is 0 Å². The molecule has 1 aromatic heterocycles. The molecule has 2 N–H and O–H groups in total. The van der Waals surface area contributed by atoms with E-state index >= 15 is 0 Å². The Labute approximate surface area is 197 Å². The summed E-state index contributed by atoms with van der Waals surface area (Å²) in [7, 11) is 0. The fourth-order valence-electron chi connectivity index (χ4n) is 2.89. The second kappa shape index (κ2) is 10.3. The summed E-state index contributed by atoms with van der Waals surface area (Å²) in [4.78, 5) is 12.3. The lowest BCUT2D eigenvalue weighted by atomic mass is 10.2. The Morgan fingerprint density at radius 2 is 1.75 bits per heavy atom. The van der Waals surface area contributed by atoms with E-state index in [1.165, 1.54) is 18.0 Å². The van der Waals surface area contributed by atoms with Gasteiger partial charge in [0.25, 0.3) is 5.91 Å². The summed E-state index contributed by atoms with van der Waals surface area (Å²) in [6.45, 7) is 0. The first-order valence-corrected chi connectivity index (χ1v) is 11.4. The van der Waals surface area contributed by atoms with Gasteiger partial charge < -0.3 is 5.11 Å². The fourth-order valence-corrected chi connectivity index (χ4v) is 3.90. The summed E-state index contributed by atoms with van der Waals surface area (Å²) in [6.07, 6.45) is 1.40. The average molecular weight is 508 g/mol. The zero-order valence-corrected chi connectivity index (χ0v) is 19.1. The highest BCUT2D eigenvalue weighted by Crippen LogP contribution is 2.28. The van der Waals surface area contributed by atoms with Crippen molar-refractivity contribution < 1.29 is 9.90 Å². The van der Waals surface area contributed by atoms with Crippen LogP contribution in [-0.2, 0) is 4.79 Å². The smallest absolute Gasteiger partial charge is 0.250 e. The number of aromatic nitrogens is 3. The van der Waals surface area contributed by atoms with Gasteiger partial charge in [0.1, 0.15) is 5.75 Å². The number of phenolic OH excluding ortho intramolecular Hbond substituents is 1. The maximum absolute atomic E-state index is 12.3. The molecule has 4 rings (SSSR count). The molecule has 160 valence electrons. The number of carbonyl (C=O) groups excluding carboxylic acids is 1. The van der Waals surface area contributed by atoms with Crippen LogP contribution in [-0.4, -0.2) is 37.7 Å². The Hall–Kier alpha value is -3.43. The molecule has 0 bridgehead atoms. The summed E-state index contributed by atoms with van der Waals surface area (Å²) in [5.41, 5.74) is 4.79. The van der Waals surface area contributed by atoms with Crippen molar-refractivity contribution in [3.63, 3.8) is 0 Å². The van der Waals surface area contributed by atoms with Crippen molar-refractivity contribution in [2.24, 2.45) is 5.10 Å². The summed E-state index contributed by atoms with van der Waals surface area (Å²) in [6, 6.07) is 24.3. The number of hydrogen-bond donors (Lipinski definition) is 2. The third-order valence-corrected chi connectivity index (χ3v) is 5.87. The minimum Gasteiger partial charge on any atom is -0.507 e. The number of para-hydroxylation sites is 2. The lowest BCUT2D eigenvalue weighted by Crippen LogP contribution is -2.20. The SMILES string of the molecule is O=C(CSc1nnc(-c2ccc(Br)cc2)n1-c1ccccc1)NN=Cc1ccccc1O. The molecule has 0 spiro atoms. The predicted octanol–water partition coefficient (Wildman–Crippen LogP) is 4.64. The van der Waals surface area contributed by atoms with Gasteiger partial charge in [-0.25, -0.2) is 5.43 Å². The monoisotopic (exact) mass is 507 g/mol. The third kappa shape index (κ3) is 5.24. The Balaban J connectivity index is 1.50. The first-order chi connectivity index (χ1) is 15.6. The van der Waals surface area contributed by atoms with Crippen LogP contribution in [0.15, 0.2) is 93.6 Å².